The molecule has 1 rings (SSSR count). The van der Waals surface area contributed by atoms with Gasteiger partial charge >= 0.3 is 0 Å². The van der Waals surface area contributed by atoms with Crippen molar-refractivity contribution in [2.24, 2.45) is 0 Å². The van der Waals surface area contributed by atoms with Crippen molar-refractivity contribution in [1.82, 2.24) is 5.43 Å². The van der Waals surface area contributed by atoms with E-state index in [1.165, 1.54) is 23.9 Å². The van der Waals surface area contributed by atoms with E-state index in [4.69, 9.17) is 10.4 Å². The summed E-state index contributed by atoms with van der Waals surface area (Å²) >= 11 is 1.43. The van der Waals surface area contributed by atoms with E-state index < -0.39 is 16.6 Å². The van der Waals surface area contributed by atoms with Crippen LogP contribution < -0.4 is 26.3 Å². The molecule has 1 aromatic carbocycles. The minimum absolute atomic E-state index is 0.0431. The lowest BCUT2D eigenvalue weighted by atomic mass is 10.2. The predicted molar refractivity (Wildman–Crippen MR) is 75.9 cm³/mol. The summed E-state index contributed by atoms with van der Waals surface area (Å²) in [4.78, 5) is 10.2. The van der Waals surface area contributed by atoms with Gasteiger partial charge < -0.3 is 15.6 Å². The maximum absolute atomic E-state index is 11.0. The van der Waals surface area contributed by atoms with Gasteiger partial charge in [-0.15, -0.1) is 5.23 Å². The van der Waals surface area contributed by atoms with Crippen molar-refractivity contribution in [2.75, 3.05) is 22.7 Å². The fourth-order valence-corrected chi connectivity index (χ4v) is 1.87. The van der Waals surface area contributed by atoms with Crippen molar-refractivity contribution in [2.45, 2.75) is 6.42 Å². The molecule has 0 atom stereocenters. The van der Waals surface area contributed by atoms with Crippen molar-refractivity contribution in [3.05, 3.63) is 40.0 Å². The first-order chi connectivity index (χ1) is 10.4. The summed E-state index contributed by atoms with van der Waals surface area (Å²) in [7, 11) is 0. The van der Waals surface area contributed by atoms with Crippen LogP contribution in [-0.2, 0) is 0 Å². The number of hydrogen-bond acceptors (Lipinski definition) is 10. The molecule has 0 fully saturated rings. The fourth-order valence-electron chi connectivity index (χ4n) is 1.46. The Balaban J connectivity index is 2.93. The number of nitrogens with one attached hydrogen (secondary N) is 2. The first-order valence-electron chi connectivity index (χ1n) is 5.91. The molecule has 0 aliphatic heterocycles. The summed E-state index contributed by atoms with van der Waals surface area (Å²) in [6.07, 6.45) is 1.99. The van der Waals surface area contributed by atoms with E-state index in [1.807, 2.05) is 0 Å². The fraction of sp³-hybridized carbons (Fsp3) is 0.273. The Morgan fingerprint density at radius 3 is 2.59 bits per heavy atom. The average Bonchev–Trinajstić information content (AvgIpc) is 2.46. The third-order valence-corrected chi connectivity index (χ3v) is 3.17. The van der Waals surface area contributed by atoms with Gasteiger partial charge in [-0.25, -0.2) is 0 Å². The molecule has 0 saturated carbocycles. The minimum atomic E-state index is -1.42. The van der Waals surface area contributed by atoms with Crippen molar-refractivity contribution >= 4 is 28.8 Å². The lowest BCUT2D eigenvalue weighted by molar-refractivity contribution is -0.515. The zero-order valence-corrected chi connectivity index (χ0v) is 12.3. The number of nitro benzene ring substituents is 1. The molecule has 11 heteroatoms. The number of benzene rings is 1. The quantitative estimate of drug-likeness (QED) is 0.284. The van der Waals surface area contributed by atoms with E-state index in [0.717, 1.165) is 6.07 Å². The van der Waals surface area contributed by atoms with Gasteiger partial charge in [-0.3, -0.25) is 26.0 Å². The van der Waals surface area contributed by atoms with Crippen LogP contribution in [0, 0.1) is 10.1 Å². The molecule has 22 heavy (non-hydrogen) atoms. The Morgan fingerprint density at radius 1 is 1.41 bits per heavy atom. The lowest BCUT2D eigenvalue weighted by Gasteiger charge is -2.25. The van der Waals surface area contributed by atoms with Gasteiger partial charge in [0.2, 0.25) is 0 Å². The third kappa shape index (κ3) is 4.87. The summed E-state index contributed by atoms with van der Waals surface area (Å²) in [5.41, 5.74) is 3.89. The second kappa shape index (κ2) is 8.17. The number of hydrogen-bond donors (Lipinski definition) is 4. The molecule has 4 N–H and O–H groups in total. The van der Waals surface area contributed by atoms with E-state index in [-0.39, 0.29) is 28.7 Å². The molecule has 1 aromatic rings. The number of anilines is 2. The van der Waals surface area contributed by atoms with Gasteiger partial charge in [0.05, 0.1) is 4.92 Å². The molecular weight excluding hydrogens is 316 g/mol. The number of hydrazine groups is 1. The minimum Gasteiger partial charge on any atom is -0.883 e. The van der Waals surface area contributed by atoms with Crippen LogP contribution in [0.3, 0.4) is 0 Å². The summed E-state index contributed by atoms with van der Waals surface area (Å²) in [6, 6.07) is 3.30. The van der Waals surface area contributed by atoms with Gasteiger partial charge in [0.15, 0.2) is 0 Å². The standard InChI is InChI=1S/C11H16N4O6S/c1-22-5-4-9(11(16)17)13-12-8-3-2-7(14(18)19)6-10(8)15(20)21/h2-3,6,12-13,16-19H,4-5H2,1H3/p-2. The van der Waals surface area contributed by atoms with E-state index in [9.17, 15) is 20.3 Å². The zero-order valence-electron chi connectivity index (χ0n) is 11.5. The number of thioether (sulfide) groups is 1. The molecular formula is C11H14N4O6S-2. The van der Waals surface area contributed by atoms with Crippen LogP contribution in [0.25, 0.3) is 0 Å². The molecule has 0 bridgehead atoms. The predicted octanol–water partition coefficient (Wildman–Crippen LogP) is -0.261. The van der Waals surface area contributed by atoms with Crippen molar-refractivity contribution in [1.29, 1.82) is 0 Å². The Bertz CT molecular complexity index is 562. The van der Waals surface area contributed by atoms with E-state index in [1.54, 1.807) is 6.26 Å². The molecule has 0 saturated heterocycles. The highest BCUT2D eigenvalue weighted by Crippen LogP contribution is 2.28. The van der Waals surface area contributed by atoms with Crippen LogP contribution in [0.1, 0.15) is 6.42 Å². The highest BCUT2D eigenvalue weighted by molar-refractivity contribution is 7.98. The van der Waals surface area contributed by atoms with Crippen LogP contribution >= 0.6 is 11.8 Å². The molecule has 0 unspecified atom stereocenters. The molecule has 0 aliphatic rings. The van der Waals surface area contributed by atoms with Crippen molar-refractivity contribution < 1.29 is 25.6 Å². The summed E-state index contributed by atoms with van der Waals surface area (Å²) in [6.45, 7) is 0. The summed E-state index contributed by atoms with van der Waals surface area (Å²) in [5, 5.41) is 50.2. The van der Waals surface area contributed by atoms with Crippen molar-refractivity contribution in [3.8, 4) is 0 Å². The number of nitrogens with zero attached hydrogens (tertiary/aromatic N) is 2. The van der Waals surface area contributed by atoms with Gasteiger partial charge in [-0.2, -0.15) is 17.7 Å². The number of rotatable bonds is 8. The number of nitro groups is 1. The van der Waals surface area contributed by atoms with Crippen LogP contribution in [0.5, 0.6) is 0 Å². The second-order valence-corrected chi connectivity index (χ2v) is 4.99. The molecule has 10 nitrogen and oxygen atoms in total. The molecule has 0 aliphatic carbocycles. The topological polar surface area (TPSA) is 157 Å². The number of allylic oxidation sites excluding steroid dienone is 1. The summed E-state index contributed by atoms with van der Waals surface area (Å²) in [5.74, 6) is -0.888. The molecule has 0 heterocycles. The van der Waals surface area contributed by atoms with Crippen LogP contribution in [0.4, 0.5) is 17.1 Å². The smallest absolute Gasteiger partial charge is 0.296 e. The maximum atomic E-state index is 11.0. The van der Waals surface area contributed by atoms with Crippen molar-refractivity contribution in [3.63, 3.8) is 0 Å². The highest BCUT2D eigenvalue weighted by atomic mass is 32.2. The second-order valence-electron chi connectivity index (χ2n) is 4.01. The van der Waals surface area contributed by atoms with E-state index in [2.05, 4.69) is 10.9 Å². The SMILES string of the molecule is CSCCC(NNc1ccc(N(O)O)cc1[N+](=O)[O-])=C([O-])[O-]. The molecule has 0 amide bonds. The van der Waals surface area contributed by atoms with Crippen LogP contribution in [0.15, 0.2) is 29.8 Å². The van der Waals surface area contributed by atoms with Gasteiger partial charge in [0.25, 0.3) is 5.69 Å². The Morgan fingerprint density at radius 2 is 2.09 bits per heavy atom. The van der Waals surface area contributed by atoms with E-state index >= 15 is 0 Å². The van der Waals surface area contributed by atoms with Gasteiger partial charge in [0.1, 0.15) is 11.4 Å². The third-order valence-electron chi connectivity index (χ3n) is 2.56. The average molecular weight is 330 g/mol. The van der Waals surface area contributed by atoms with Crippen LogP contribution in [-0.4, -0.2) is 27.3 Å². The zero-order chi connectivity index (χ0) is 16.7. The first-order valence-corrected chi connectivity index (χ1v) is 7.30. The molecule has 0 radical (unpaired) electrons. The molecule has 122 valence electrons. The summed E-state index contributed by atoms with van der Waals surface area (Å²) < 4.78 is 0. The Labute approximate surface area is 129 Å². The van der Waals surface area contributed by atoms with Gasteiger partial charge in [0, 0.05) is 11.8 Å². The Hall–Kier alpha value is -2.37. The first kappa shape index (κ1) is 17.7. The van der Waals surface area contributed by atoms with E-state index in [0.29, 0.717) is 5.75 Å². The Kier molecular flexibility index (Phi) is 6.56. The van der Waals surface area contributed by atoms with Crippen LogP contribution in [0.2, 0.25) is 0 Å². The monoisotopic (exact) mass is 330 g/mol. The van der Waals surface area contributed by atoms with Gasteiger partial charge in [-0.1, -0.05) is 0 Å². The van der Waals surface area contributed by atoms with Gasteiger partial charge in [-0.05, 0) is 30.6 Å². The largest absolute Gasteiger partial charge is 0.883 e. The molecule has 0 aromatic heterocycles. The molecule has 0 spiro atoms. The highest BCUT2D eigenvalue weighted by Gasteiger charge is 2.16. The lowest BCUT2D eigenvalue weighted by Crippen LogP contribution is -2.31. The normalized spacial score (nSPS) is 9.95. The maximum Gasteiger partial charge on any atom is 0.296 e.